The number of rotatable bonds is 3. The quantitative estimate of drug-likeness (QED) is 0.768. The first kappa shape index (κ1) is 10.6. The Kier molecular flexibility index (Phi) is 3.79. The maximum atomic E-state index is 5.98. The second-order valence-corrected chi connectivity index (χ2v) is 3.56. The summed E-state index contributed by atoms with van der Waals surface area (Å²) in [6, 6.07) is 5.34. The molecular weight excluding hydrogens is 205 g/mol. The summed E-state index contributed by atoms with van der Waals surface area (Å²) in [7, 11) is 0. The molecule has 0 radical (unpaired) electrons. The SMILES string of the molecule is C=CC[C@@H](N)c1cccc(Cl)c1Cl. The third kappa shape index (κ3) is 2.47. The number of hydrogen-bond acceptors (Lipinski definition) is 1. The van der Waals surface area contributed by atoms with Gasteiger partial charge in [0.25, 0.3) is 0 Å². The van der Waals surface area contributed by atoms with Crippen LogP contribution < -0.4 is 5.73 Å². The van der Waals surface area contributed by atoms with Gasteiger partial charge >= 0.3 is 0 Å². The molecule has 3 heteroatoms. The summed E-state index contributed by atoms with van der Waals surface area (Å²) < 4.78 is 0. The van der Waals surface area contributed by atoms with Crippen LogP contribution in [-0.4, -0.2) is 0 Å². The van der Waals surface area contributed by atoms with Gasteiger partial charge in [0.05, 0.1) is 10.0 Å². The molecule has 0 saturated carbocycles. The zero-order valence-electron chi connectivity index (χ0n) is 7.13. The van der Waals surface area contributed by atoms with E-state index in [1.807, 2.05) is 12.1 Å². The van der Waals surface area contributed by atoms with Crippen molar-refractivity contribution >= 4 is 23.2 Å². The van der Waals surface area contributed by atoms with E-state index >= 15 is 0 Å². The molecule has 0 aliphatic heterocycles. The summed E-state index contributed by atoms with van der Waals surface area (Å²) in [5, 5.41) is 1.08. The lowest BCUT2D eigenvalue weighted by atomic mass is 10.1. The standard InChI is InChI=1S/C10H11Cl2N/c1-2-4-9(13)7-5-3-6-8(11)10(7)12/h2-3,5-6,9H,1,4,13H2/t9-/m1/s1. The Bertz CT molecular complexity index is 310. The van der Waals surface area contributed by atoms with Gasteiger partial charge in [-0.3, -0.25) is 0 Å². The van der Waals surface area contributed by atoms with Gasteiger partial charge in [-0.2, -0.15) is 0 Å². The van der Waals surface area contributed by atoms with Crippen LogP contribution in [0.2, 0.25) is 10.0 Å². The predicted molar refractivity (Wildman–Crippen MR) is 58.2 cm³/mol. The lowest BCUT2D eigenvalue weighted by Crippen LogP contribution is -2.09. The van der Waals surface area contributed by atoms with Crippen LogP contribution in [0.5, 0.6) is 0 Å². The normalized spacial score (nSPS) is 12.5. The molecule has 1 aromatic carbocycles. The first-order valence-corrected chi connectivity index (χ1v) is 4.72. The zero-order chi connectivity index (χ0) is 9.84. The highest BCUT2D eigenvalue weighted by Gasteiger charge is 2.10. The number of benzene rings is 1. The molecule has 0 spiro atoms. The van der Waals surface area contributed by atoms with Crippen LogP contribution in [0.1, 0.15) is 18.0 Å². The molecule has 70 valence electrons. The van der Waals surface area contributed by atoms with Gasteiger partial charge in [-0.25, -0.2) is 0 Å². The Hall–Kier alpha value is -0.500. The van der Waals surface area contributed by atoms with Gasteiger partial charge in [0.1, 0.15) is 0 Å². The Morgan fingerprint density at radius 3 is 2.77 bits per heavy atom. The topological polar surface area (TPSA) is 26.0 Å². The van der Waals surface area contributed by atoms with Gasteiger partial charge in [-0.05, 0) is 18.1 Å². The van der Waals surface area contributed by atoms with Gasteiger partial charge in [0.2, 0.25) is 0 Å². The second kappa shape index (κ2) is 4.66. The molecule has 1 nitrogen and oxygen atoms in total. The van der Waals surface area contributed by atoms with E-state index in [2.05, 4.69) is 6.58 Å². The fourth-order valence-electron chi connectivity index (χ4n) is 1.11. The molecule has 0 amide bonds. The first-order valence-electron chi connectivity index (χ1n) is 3.97. The molecule has 0 fully saturated rings. The Morgan fingerprint density at radius 1 is 1.46 bits per heavy atom. The average molecular weight is 216 g/mol. The molecule has 0 heterocycles. The summed E-state index contributed by atoms with van der Waals surface area (Å²) in [5.74, 6) is 0. The van der Waals surface area contributed by atoms with Crippen LogP contribution in [0.3, 0.4) is 0 Å². The molecule has 0 saturated heterocycles. The molecule has 0 aliphatic carbocycles. The average Bonchev–Trinajstić information content (AvgIpc) is 2.10. The van der Waals surface area contributed by atoms with E-state index in [4.69, 9.17) is 28.9 Å². The Balaban J connectivity index is 3.00. The third-order valence-electron chi connectivity index (χ3n) is 1.80. The van der Waals surface area contributed by atoms with E-state index in [9.17, 15) is 0 Å². The van der Waals surface area contributed by atoms with Gasteiger partial charge in [0, 0.05) is 6.04 Å². The molecule has 0 aromatic heterocycles. The van der Waals surface area contributed by atoms with Crippen molar-refractivity contribution in [3.8, 4) is 0 Å². The minimum atomic E-state index is -0.122. The highest BCUT2D eigenvalue weighted by atomic mass is 35.5. The van der Waals surface area contributed by atoms with Crippen LogP contribution in [0, 0.1) is 0 Å². The van der Waals surface area contributed by atoms with Crippen LogP contribution in [0.25, 0.3) is 0 Å². The van der Waals surface area contributed by atoms with Gasteiger partial charge in [-0.15, -0.1) is 6.58 Å². The van der Waals surface area contributed by atoms with Crippen molar-refractivity contribution in [2.45, 2.75) is 12.5 Å². The van der Waals surface area contributed by atoms with Crippen LogP contribution >= 0.6 is 23.2 Å². The van der Waals surface area contributed by atoms with E-state index < -0.39 is 0 Å². The number of nitrogens with two attached hydrogens (primary N) is 1. The van der Waals surface area contributed by atoms with E-state index in [0.29, 0.717) is 16.5 Å². The highest BCUT2D eigenvalue weighted by molar-refractivity contribution is 6.42. The maximum Gasteiger partial charge on any atom is 0.0640 e. The highest BCUT2D eigenvalue weighted by Crippen LogP contribution is 2.30. The molecule has 1 aromatic rings. The van der Waals surface area contributed by atoms with Gasteiger partial charge in [0.15, 0.2) is 0 Å². The Morgan fingerprint density at radius 2 is 2.15 bits per heavy atom. The first-order chi connectivity index (χ1) is 6.16. The van der Waals surface area contributed by atoms with Crippen molar-refractivity contribution in [3.05, 3.63) is 46.5 Å². The van der Waals surface area contributed by atoms with Crippen molar-refractivity contribution in [3.63, 3.8) is 0 Å². The van der Waals surface area contributed by atoms with E-state index in [1.165, 1.54) is 0 Å². The summed E-state index contributed by atoms with van der Waals surface area (Å²) >= 11 is 11.8. The van der Waals surface area contributed by atoms with Crippen molar-refractivity contribution in [1.29, 1.82) is 0 Å². The molecule has 0 bridgehead atoms. The second-order valence-electron chi connectivity index (χ2n) is 2.77. The summed E-state index contributed by atoms with van der Waals surface area (Å²) in [5.41, 5.74) is 6.73. The Labute approximate surface area is 88.1 Å². The van der Waals surface area contributed by atoms with Crippen molar-refractivity contribution in [2.75, 3.05) is 0 Å². The molecule has 0 unspecified atom stereocenters. The minimum Gasteiger partial charge on any atom is -0.324 e. The maximum absolute atomic E-state index is 5.98. The van der Waals surface area contributed by atoms with E-state index in [1.54, 1.807) is 12.1 Å². The molecular formula is C10H11Cl2N. The zero-order valence-corrected chi connectivity index (χ0v) is 8.65. The lowest BCUT2D eigenvalue weighted by molar-refractivity contribution is 0.742. The van der Waals surface area contributed by atoms with Crippen molar-refractivity contribution in [1.82, 2.24) is 0 Å². The third-order valence-corrected chi connectivity index (χ3v) is 2.64. The van der Waals surface area contributed by atoms with Gasteiger partial charge in [-0.1, -0.05) is 41.4 Å². The van der Waals surface area contributed by atoms with Crippen molar-refractivity contribution < 1.29 is 0 Å². The smallest absolute Gasteiger partial charge is 0.0640 e. The number of halogens is 2. The number of hydrogen-bond donors (Lipinski definition) is 1. The van der Waals surface area contributed by atoms with E-state index in [0.717, 1.165) is 5.56 Å². The van der Waals surface area contributed by atoms with Crippen LogP contribution in [0.4, 0.5) is 0 Å². The van der Waals surface area contributed by atoms with Crippen LogP contribution in [0.15, 0.2) is 30.9 Å². The molecule has 0 aliphatic rings. The van der Waals surface area contributed by atoms with Crippen LogP contribution in [-0.2, 0) is 0 Å². The largest absolute Gasteiger partial charge is 0.324 e. The molecule has 2 N–H and O–H groups in total. The van der Waals surface area contributed by atoms with Gasteiger partial charge < -0.3 is 5.73 Å². The minimum absolute atomic E-state index is 0.122. The fraction of sp³-hybridized carbons (Fsp3) is 0.200. The fourth-order valence-corrected chi connectivity index (χ4v) is 1.56. The monoisotopic (exact) mass is 215 g/mol. The van der Waals surface area contributed by atoms with Crippen molar-refractivity contribution in [2.24, 2.45) is 5.73 Å². The molecule has 13 heavy (non-hydrogen) atoms. The summed E-state index contributed by atoms with van der Waals surface area (Å²) in [6.45, 7) is 3.62. The van der Waals surface area contributed by atoms with E-state index in [-0.39, 0.29) is 6.04 Å². The molecule has 1 rings (SSSR count). The summed E-state index contributed by atoms with van der Waals surface area (Å²) in [6.07, 6.45) is 2.46. The molecule has 1 atom stereocenters. The predicted octanol–water partition coefficient (Wildman–Crippen LogP) is 3.57. The summed E-state index contributed by atoms with van der Waals surface area (Å²) in [4.78, 5) is 0. The lowest BCUT2D eigenvalue weighted by Gasteiger charge is -2.11.